The molecule has 0 bridgehead atoms. The van der Waals surface area contributed by atoms with Gasteiger partial charge >= 0.3 is 0 Å². The van der Waals surface area contributed by atoms with Crippen molar-refractivity contribution in [1.29, 1.82) is 0 Å². The molecule has 1 aromatic rings. The van der Waals surface area contributed by atoms with Crippen molar-refractivity contribution in [2.24, 2.45) is 0 Å². The maximum absolute atomic E-state index is 12.2. The molecule has 3 nitrogen and oxygen atoms in total. The number of carbonyl (C=O) groups excluding carboxylic acids is 1. The van der Waals surface area contributed by atoms with Gasteiger partial charge < -0.3 is 9.64 Å². The molecule has 0 aliphatic carbocycles. The maximum Gasteiger partial charge on any atom is 0.165 e. The van der Waals surface area contributed by atoms with E-state index in [2.05, 4.69) is 27.8 Å². The lowest BCUT2D eigenvalue weighted by Crippen LogP contribution is -2.29. The van der Waals surface area contributed by atoms with Gasteiger partial charge in [0.25, 0.3) is 0 Å². The molecule has 20 heavy (non-hydrogen) atoms. The average molecular weight is 363 g/mol. The summed E-state index contributed by atoms with van der Waals surface area (Å²) >= 11 is 9.43. The molecule has 5 heteroatoms. The lowest BCUT2D eigenvalue weighted by Gasteiger charge is -2.19. The predicted octanol–water partition coefficient (Wildman–Crippen LogP) is 4.03. The lowest BCUT2D eigenvalue weighted by atomic mass is 10.1. The van der Waals surface area contributed by atoms with Crippen LogP contribution >= 0.6 is 27.5 Å². The van der Waals surface area contributed by atoms with Crippen LogP contribution in [0.15, 0.2) is 22.7 Å². The third-order valence-corrected chi connectivity index (χ3v) is 3.90. The van der Waals surface area contributed by atoms with E-state index >= 15 is 0 Å². The van der Waals surface area contributed by atoms with Gasteiger partial charge in [-0.3, -0.25) is 4.79 Å². The van der Waals surface area contributed by atoms with Crippen molar-refractivity contribution in [3.8, 4) is 0 Å². The molecule has 0 atom stereocenters. The van der Waals surface area contributed by atoms with Crippen molar-refractivity contribution in [2.45, 2.75) is 20.3 Å². The van der Waals surface area contributed by atoms with E-state index < -0.39 is 0 Å². The van der Waals surface area contributed by atoms with Crippen LogP contribution in [0.1, 0.15) is 30.6 Å². The number of rotatable bonds is 9. The Morgan fingerprint density at radius 1 is 1.35 bits per heavy atom. The van der Waals surface area contributed by atoms with Crippen LogP contribution in [0.4, 0.5) is 0 Å². The first kappa shape index (κ1) is 17.6. The number of Topliss-reactive ketones (excluding diaryl/α,β-unsaturated/α-hetero) is 1. The van der Waals surface area contributed by atoms with E-state index in [1.807, 2.05) is 13.0 Å². The van der Waals surface area contributed by atoms with E-state index in [0.717, 1.165) is 30.7 Å². The van der Waals surface area contributed by atoms with Crippen LogP contribution in [0.25, 0.3) is 0 Å². The molecule has 0 N–H and O–H groups in total. The second-order valence-corrected chi connectivity index (χ2v) is 5.75. The third-order valence-electron chi connectivity index (χ3n) is 3.09. The summed E-state index contributed by atoms with van der Waals surface area (Å²) < 4.78 is 6.22. The molecule has 0 saturated carbocycles. The van der Waals surface area contributed by atoms with Gasteiger partial charge in [-0.2, -0.15) is 0 Å². The fourth-order valence-electron chi connectivity index (χ4n) is 1.88. The summed E-state index contributed by atoms with van der Waals surface area (Å²) in [4.78, 5) is 14.4. The normalized spacial score (nSPS) is 11.1. The number of carbonyl (C=O) groups is 1. The van der Waals surface area contributed by atoms with E-state index in [4.69, 9.17) is 16.3 Å². The third kappa shape index (κ3) is 5.92. The van der Waals surface area contributed by atoms with E-state index in [1.165, 1.54) is 0 Å². The zero-order valence-electron chi connectivity index (χ0n) is 12.0. The standard InChI is InChI=1S/C15H21BrClNO2/c1-3-18(9-10-20-4-2)8-7-15(19)13-6-5-12(16)11-14(13)17/h5-6,11H,3-4,7-10H2,1-2H3. The van der Waals surface area contributed by atoms with Gasteiger partial charge in [0.1, 0.15) is 0 Å². The maximum atomic E-state index is 12.2. The first-order chi connectivity index (χ1) is 9.58. The Labute approximate surface area is 134 Å². The van der Waals surface area contributed by atoms with Gasteiger partial charge in [0, 0.05) is 36.2 Å². The van der Waals surface area contributed by atoms with Crippen molar-refractivity contribution in [3.63, 3.8) is 0 Å². The van der Waals surface area contributed by atoms with Crippen molar-refractivity contribution in [1.82, 2.24) is 4.90 Å². The Bertz CT molecular complexity index is 440. The van der Waals surface area contributed by atoms with Gasteiger partial charge in [0.2, 0.25) is 0 Å². The molecule has 0 spiro atoms. The van der Waals surface area contributed by atoms with E-state index in [9.17, 15) is 4.79 Å². The quantitative estimate of drug-likeness (QED) is 0.490. The second kappa shape index (κ2) is 9.50. The zero-order chi connectivity index (χ0) is 15.0. The minimum Gasteiger partial charge on any atom is -0.380 e. The summed E-state index contributed by atoms with van der Waals surface area (Å²) in [5.74, 6) is 0.0809. The van der Waals surface area contributed by atoms with Crippen LogP contribution in [0, 0.1) is 0 Å². The number of likely N-dealkylation sites (N-methyl/N-ethyl adjacent to an activating group) is 1. The number of ketones is 1. The highest BCUT2D eigenvalue weighted by Gasteiger charge is 2.12. The van der Waals surface area contributed by atoms with Crippen LogP contribution < -0.4 is 0 Å². The molecule has 0 aliphatic rings. The molecule has 0 fully saturated rings. The van der Waals surface area contributed by atoms with Crippen LogP contribution in [0.2, 0.25) is 5.02 Å². The topological polar surface area (TPSA) is 29.5 Å². The van der Waals surface area contributed by atoms with Gasteiger partial charge in [0.15, 0.2) is 5.78 Å². The summed E-state index contributed by atoms with van der Waals surface area (Å²) in [6.45, 7) is 8.00. The SMILES string of the molecule is CCOCCN(CC)CCC(=O)c1ccc(Br)cc1Cl. The Morgan fingerprint density at radius 2 is 2.10 bits per heavy atom. The molecular weight excluding hydrogens is 342 g/mol. The molecule has 0 amide bonds. The highest BCUT2D eigenvalue weighted by molar-refractivity contribution is 9.10. The molecule has 0 unspecified atom stereocenters. The van der Waals surface area contributed by atoms with Crippen LogP contribution in [-0.4, -0.2) is 43.5 Å². The highest BCUT2D eigenvalue weighted by Crippen LogP contribution is 2.22. The van der Waals surface area contributed by atoms with E-state index in [-0.39, 0.29) is 5.78 Å². The summed E-state index contributed by atoms with van der Waals surface area (Å²) in [6, 6.07) is 5.36. The first-order valence-corrected chi connectivity index (χ1v) is 8.03. The average Bonchev–Trinajstić information content (AvgIpc) is 2.42. The Kier molecular flexibility index (Phi) is 8.38. The van der Waals surface area contributed by atoms with E-state index in [1.54, 1.807) is 12.1 Å². The number of ether oxygens (including phenoxy) is 1. The Morgan fingerprint density at radius 3 is 2.70 bits per heavy atom. The van der Waals surface area contributed by atoms with Crippen molar-refractivity contribution < 1.29 is 9.53 Å². The van der Waals surface area contributed by atoms with E-state index in [0.29, 0.717) is 23.6 Å². The van der Waals surface area contributed by atoms with Crippen LogP contribution in [0.5, 0.6) is 0 Å². The summed E-state index contributed by atoms with van der Waals surface area (Å²) in [5, 5.41) is 0.502. The molecular formula is C15H21BrClNO2. The molecule has 0 aliphatic heterocycles. The number of hydrogen-bond acceptors (Lipinski definition) is 3. The summed E-state index contributed by atoms with van der Waals surface area (Å²) in [5.41, 5.74) is 0.593. The molecule has 112 valence electrons. The minimum atomic E-state index is 0.0809. The summed E-state index contributed by atoms with van der Waals surface area (Å²) in [7, 11) is 0. The van der Waals surface area contributed by atoms with Gasteiger partial charge in [0.05, 0.1) is 11.6 Å². The minimum absolute atomic E-state index is 0.0809. The Hall–Kier alpha value is -0.420. The highest BCUT2D eigenvalue weighted by atomic mass is 79.9. The molecule has 0 aromatic heterocycles. The fourth-order valence-corrected chi connectivity index (χ4v) is 2.65. The summed E-state index contributed by atoms with van der Waals surface area (Å²) in [6.07, 6.45) is 0.474. The smallest absolute Gasteiger partial charge is 0.165 e. The number of halogens is 2. The van der Waals surface area contributed by atoms with Crippen LogP contribution in [0.3, 0.4) is 0 Å². The first-order valence-electron chi connectivity index (χ1n) is 6.86. The van der Waals surface area contributed by atoms with Crippen molar-refractivity contribution in [3.05, 3.63) is 33.3 Å². The second-order valence-electron chi connectivity index (χ2n) is 4.43. The monoisotopic (exact) mass is 361 g/mol. The van der Waals surface area contributed by atoms with Gasteiger partial charge in [-0.15, -0.1) is 0 Å². The molecule has 0 saturated heterocycles. The Balaban J connectivity index is 2.48. The molecule has 1 aromatic carbocycles. The van der Waals surface area contributed by atoms with Crippen molar-refractivity contribution in [2.75, 3.05) is 32.8 Å². The largest absolute Gasteiger partial charge is 0.380 e. The van der Waals surface area contributed by atoms with Crippen molar-refractivity contribution >= 4 is 33.3 Å². The van der Waals surface area contributed by atoms with Crippen LogP contribution in [-0.2, 0) is 4.74 Å². The number of hydrogen-bond donors (Lipinski definition) is 0. The van der Waals surface area contributed by atoms with Gasteiger partial charge in [-0.1, -0.05) is 34.5 Å². The molecule has 0 heterocycles. The fraction of sp³-hybridized carbons (Fsp3) is 0.533. The lowest BCUT2D eigenvalue weighted by molar-refractivity contribution is 0.0930. The number of nitrogens with zero attached hydrogens (tertiary/aromatic N) is 1. The zero-order valence-corrected chi connectivity index (χ0v) is 14.3. The molecule has 0 radical (unpaired) electrons. The predicted molar refractivity (Wildman–Crippen MR) is 86.7 cm³/mol. The van der Waals surface area contributed by atoms with Gasteiger partial charge in [-0.05, 0) is 31.7 Å². The van der Waals surface area contributed by atoms with Gasteiger partial charge in [-0.25, -0.2) is 0 Å². The number of benzene rings is 1. The molecule has 1 rings (SSSR count).